The number of rotatable bonds is 4. The summed E-state index contributed by atoms with van der Waals surface area (Å²) in [4.78, 5) is 3.97. The van der Waals surface area contributed by atoms with E-state index in [1.165, 1.54) is 52.8 Å². The van der Waals surface area contributed by atoms with Crippen molar-refractivity contribution in [2.75, 3.05) is 14.1 Å². The van der Waals surface area contributed by atoms with Gasteiger partial charge in [-0.2, -0.15) is 0 Å². The molecule has 0 aliphatic heterocycles. The van der Waals surface area contributed by atoms with Crippen LogP contribution in [-0.2, 0) is 5.54 Å². The average Bonchev–Trinajstić information content (AvgIpc) is 3.37. The molecule has 0 bridgehead atoms. The van der Waals surface area contributed by atoms with Gasteiger partial charge in [-0.3, -0.25) is 4.90 Å². The summed E-state index contributed by atoms with van der Waals surface area (Å²) >= 11 is 1.91. The molecule has 28 heavy (non-hydrogen) atoms. The molecule has 0 amide bonds. The van der Waals surface area contributed by atoms with E-state index in [2.05, 4.69) is 90.4 Å². The van der Waals surface area contributed by atoms with E-state index in [-0.39, 0.29) is 5.54 Å². The van der Waals surface area contributed by atoms with Crippen LogP contribution >= 0.6 is 11.3 Å². The maximum atomic E-state index is 4.04. The summed E-state index contributed by atoms with van der Waals surface area (Å²) in [5, 5.41) is 6.26. The molecule has 0 radical (unpaired) electrons. The molecule has 1 heterocycles. The lowest BCUT2D eigenvalue weighted by Crippen LogP contribution is -2.47. The van der Waals surface area contributed by atoms with Gasteiger partial charge in [-0.05, 0) is 73.5 Å². The van der Waals surface area contributed by atoms with Crippen LogP contribution in [0.1, 0.15) is 47.7 Å². The van der Waals surface area contributed by atoms with Gasteiger partial charge in [-0.1, -0.05) is 54.6 Å². The number of thiophene rings is 1. The first kappa shape index (κ1) is 18.1. The monoisotopic (exact) mass is 388 g/mol. The van der Waals surface area contributed by atoms with Crippen LogP contribution in [0.5, 0.6) is 0 Å². The molecule has 0 spiro atoms. The lowest BCUT2D eigenvalue weighted by atomic mass is 9.77. The summed E-state index contributed by atoms with van der Waals surface area (Å²) in [5.41, 5.74) is 5.87. The quantitative estimate of drug-likeness (QED) is 0.607. The van der Waals surface area contributed by atoms with Gasteiger partial charge in [0.1, 0.15) is 0 Å². The molecule has 1 N–H and O–H groups in total. The van der Waals surface area contributed by atoms with Gasteiger partial charge in [0.2, 0.25) is 0 Å². The molecule has 0 saturated heterocycles. The summed E-state index contributed by atoms with van der Waals surface area (Å²) in [7, 11) is 4.49. The fourth-order valence-electron chi connectivity index (χ4n) is 5.29. The van der Waals surface area contributed by atoms with Gasteiger partial charge in [-0.15, -0.1) is 11.3 Å². The number of nitrogens with one attached hydrogen (secondary N) is 1. The first-order valence-electron chi connectivity index (χ1n) is 10.3. The lowest BCUT2D eigenvalue weighted by Gasteiger charge is -2.45. The van der Waals surface area contributed by atoms with E-state index in [0.717, 1.165) is 0 Å². The molecule has 2 aromatic carbocycles. The minimum Gasteiger partial charge on any atom is -0.303 e. The van der Waals surface area contributed by atoms with Crippen LogP contribution in [-0.4, -0.2) is 25.0 Å². The highest BCUT2D eigenvalue weighted by Gasteiger charge is 2.40. The van der Waals surface area contributed by atoms with E-state index in [4.69, 9.17) is 0 Å². The molecule has 5 rings (SSSR count). The summed E-state index contributed by atoms with van der Waals surface area (Å²) < 4.78 is 0. The summed E-state index contributed by atoms with van der Waals surface area (Å²) in [6.45, 7) is 0. The van der Waals surface area contributed by atoms with Gasteiger partial charge in [0.05, 0.1) is 11.6 Å². The molecular weight excluding hydrogens is 360 g/mol. The normalized spacial score (nSPS) is 24.3. The zero-order valence-electron chi connectivity index (χ0n) is 16.7. The third-order valence-electron chi connectivity index (χ3n) is 6.88. The molecule has 1 aromatic heterocycles. The Labute approximate surface area is 172 Å². The van der Waals surface area contributed by atoms with E-state index < -0.39 is 0 Å². The summed E-state index contributed by atoms with van der Waals surface area (Å²) in [5.74, 6) is 0. The molecule has 3 heteroatoms. The van der Waals surface area contributed by atoms with Crippen molar-refractivity contribution >= 4 is 11.3 Å². The Balaban J connectivity index is 1.37. The molecule has 1 saturated carbocycles. The van der Waals surface area contributed by atoms with Crippen LogP contribution in [0.2, 0.25) is 0 Å². The zero-order chi connectivity index (χ0) is 19.1. The maximum Gasteiger partial charge on any atom is 0.0591 e. The number of hydrogen-bond acceptors (Lipinski definition) is 3. The van der Waals surface area contributed by atoms with Gasteiger partial charge >= 0.3 is 0 Å². The summed E-state index contributed by atoms with van der Waals surface area (Å²) in [6.07, 6.45) is 4.87. The minimum atomic E-state index is 0.206. The third-order valence-corrected chi connectivity index (χ3v) is 7.95. The SMILES string of the molecule is CN(C)C1(c2cccs2)CCC(NC2c3ccccc3-c3ccccc32)CC1. The molecular formula is C25H28N2S. The number of fused-ring (bicyclic) bond motifs is 3. The molecule has 2 aliphatic rings. The molecule has 2 aliphatic carbocycles. The van der Waals surface area contributed by atoms with Crippen LogP contribution in [0.4, 0.5) is 0 Å². The van der Waals surface area contributed by atoms with Crippen molar-refractivity contribution in [2.45, 2.75) is 43.3 Å². The van der Waals surface area contributed by atoms with Crippen molar-refractivity contribution in [1.82, 2.24) is 10.2 Å². The zero-order valence-corrected chi connectivity index (χ0v) is 17.5. The van der Waals surface area contributed by atoms with Gasteiger partial charge < -0.3 is 5.32 Å². The first-order valence-corrected chi connectivity index (χ1v) is 11.2. The Morgan fingerprint density at radius 1 is 0.857 bits per heavy atom. The van der Waals surface area contributed by atoms with Crippen molar-refractivity contribution in [3.8, 4) is 11.1 Å². The van der Waals surface area contributed by atoms with Crippen LogP contribution in [0.25, 0.3) is 11.1 Å². The Morgan fingerprint density at radius 2 is 1.46 bits per heavy atom. The lowest BCUT2D eigenvalue weighted by molar-refractivity contribution is 0.0878. The van der Waals surface area contributed by atoms with Gasteiger partial charge in [0, 0.05) is 10.9 Å². The minimum absolute atomic E-state index is 0.206. The predicted octanol–water partition coefficient (Wildman–Crippen LogP) is 5.81. The van der Waals surface area contributed by atoms with Gasteiger partial charge in [0.25, 0.3) is 0 Å². The van der Waals surface area contributed by atoms with Crippen molar-refractivity contribution in [3.63, 3.8) is 0 Å². The molecule has 2 nitrogen and oxygen atoms in total. The van der Waals surface area contributed by atoms with Crippen LogP contribution < -0.4 is 5.32 Å². The number of benzene rings is 2. The highest BCUT2D eigenvalue weighted by molar-refractivity contribution is 7.10. The highest BCUT2D eigenvalue weighted by atomic mass is 32.1. The van der Waals surface area contributed by atoms with E-state index in [1.807, 2.05) is 11.3 Å². The number of nitrogens with zero attached hydrogens (tertiary/aromatic N) is 1. The van der Waals surface area contributed by atoms with E-state index in [1.54, 1.807) is 0 Å². The molecule has 144 valence electrons. The fourth-order valence-corrected chi connectivity index (χ4v) is 6.36. The Hall–Kier alpha value is -1.94. The van der Waals surface area contributed by atoms with E-state index >= 15 is 0 Å². The van der Waals surface area contributed by atoms with Crippen molar-refractivity contribution < 1.29 is 0 Å². The Morgan fingerprint density at radius 3 is 2.00 bits per heavy atom. The van der Waals surface area contributed by atoms with E-state index in [9.17, 15) is 0 Å². The smallest absolute Gasteiger partial charge is 0.0591 e. The largest absolute Gasteiger partial charge is 0.303 e. The number of hydrogen-bond donors (Lipinski definition) is 1. The second kappa shape index (κ2) is 7.14. The van der Waals surface area contributed by atoms with Gasteiger partial charge in [0.15, 0.2) is 0 Å². The topological polar surface area (TPSA) is 15.3 Å². The predicted molar refractivity (Wildman–Crippen MR) is 119 cm³/mol. The van der Waals surface area contributed by atoms with Crippen LogP contribution in [0.3, 0.4) is 0 Å². The fraction of sp³-hybridized carbons (Fsp3) is 0.360. The van der Waals surface area contributed by atoms with Crippen molar-refractivity contribution in [2.24, 2.45) is 0 Å². The van der Waals surface area contributed by atoms with Crippen molar-refractivity contribution in [3.05, 3.63) is 82.0 Å². The van der Waals surface area contributed by atoms with Crippen LogP contribution in [0.15, 0.2) is 66.0 Å². The third kappa shape index (κ3) is 2.85. The second-order valence-electron chi connectivity index (χ2n) is 8.45. The Kier molecular flexibility index (Phi) is 4.62. The summed E-state index contributed by atoms with van der Waals surface area (Å²) in [6, 6.07) is 23.2. The maximum absolute atomic E-state index is 4.04. The standard InChI is InChI=1S/C25H28N2S/c1-27(2)25(23-12-7-17-28-23)15-13-18(14-16-25)26-24-21-10-5-3-8-19(21)20-9-4-6-11-22(20)24/h3-12,17-18,24,26H,13-16H2,1-2H3. The van der Waals surface area contributed by atoms with Crippen LogP contribution in [0, 0.1) is 0 Å². The van der Waals surface area contributed by atoms with Crippen molar-refractivity contribution in [1.29, 1.82) is 0 Å². The Bertz CT molecular complexity index is 907. The molecule has 0 atom stereocenters. The highest BCUT2D eigenvalue weighted by Crippen LogP contribution is 2.46. The second-order valence-corrected chi connectivity index (χ2v) is 9.40. The van der Waals surface area contributed by atoms with Gasteiger partial charge in [-0.25, -0.2) is 0 Å². The first-order chi connectivity index (χ1) is 13.7. The molecule has 1 fully saturated rings. The van der Waals surface area contributed by atoms with E-state index in [0.29, 0.717) is 12.1 Å². The average molecular weight is 389 g/mol. The molecule has 3 aromatic rings. The molecule has 0 unspecified atom stereocenters.